The maximum absolute atomic E-state index is 7.20. The topological polar surface area (TPSA) is 44.2 Å². The Morgan fingerprint density at radius 2 is 1.26 bits per heavy atom. The first-order valence-corrected chi connectivity index (χ1v) is 15.5. The van der Waals surface area contributed by atoms with Gasteiger partial charge in [0.2, 0.25) is 0 Å². The molecule has 4 aromatic rings. The van der Waals surface area contributed by atoms with Crippen molar-refractivity contribution in [2.75, 3.05) is 6.61 Å². The third-order valence-corrected chi connectivity index (χ3v) is 12.6. The summed E-state index contributed by atoms with van der Waals surface area (Å²) in [5.74, 6) is 0. The van der Waals surface area contributed by atoms with Crippen molar-refractivity contribution in [1.82, 2.24) is 10.2 Å². The average molecular weight is 566 g/mol. The molecule has 198 valence electrons. The Morgan fingerprint density at radius 1 is 0.763 bits per heavy atom. The summed E-state index contributed by atoms with van der Waals surface area (Å²) in [5, 5.41) is 11.0. The minimum atomic E-state index is -2.74. The van der Waals surface area contributed by atoms with Crippen molar-refractivity contribution < 1.29 is 9.16 Å². The van der Waals surface area contributed by atoms with Gasteiger partial charge in [0, 0.05) is 12.0 Å². The van der Waals surface area contributed by atoms with Crippen molar-refractivity contribution in [2.45, 2.75) is 51.9 Å². The Labute approximate surface area is 237 Å². The van der Waals surface area contributed by atoms with Gasteiger partial charge in [-0.3, -0.25) is 0 Å². The molecule has 0 unspecified atom stereocenters. The minimum Gasteiger partial charge on any atom is -0.405 e. The summed E-state index contributed by atoms with van der Waals surface area (Å²) in [6.45, 7) is 9.57. The Kier molecular flexibility index (Phi) is 9.39. The Bertz CT molecular complexity index is 1280. The summed E-state index contributed by atoms with van der Waals surface area (Å²) in [5.41, 5.74) is 2.73. The molecule has 7 heteroatoms. The normalized spacial score (nSPS) is 12.9. The maximum Gasteiger partial charge on any atom is 0.261 e. The van der Waals surface area contributed by atoms with Gasteiger partial charge < -0.3 is 9.16 Å². The highest BCUT2D eigenvalue weighted by Gasteiger charge is 2.50. The molecule has 38 heavy (non-hydrogen) atoms. The van der Waals surface area contributed by atoms with Crippen LogP contribution >= 0.6 is 23.2 Å². The third kappa shape index (κ3) is 6.36. The molecule has 3 aromatic carbocycles. The molecule has 0 aliphatic carbocycles. The van der Waals surface area contributed by atoms with E-state index in [0.717, 1.165) is 16.7 Å². The molecule has 0 spiro atoms. The molecular weight excluding hydrogens is 531 g/mol. The highest BCUT2D eigenvalue weighted by molar-refractivity contribution is 6.99. The molecule has 0 amide bonds. The second-order valence-corrected chi connectivity index (χ2v) is 15.5. The molecule has 0 N–H and O–H groups in total. The fraction of sp³-hybridized carbons (Fsp3) is 0.290. The van der Waals surface area contributed by atoms with E-state index in [9.17, 15) is 0 Å². The number of ether oxygens (including phenoxy) is 1. The van der Waals surface area contributed by atoms with E-state index >= 15 is 0 Å². The van der Waals surface area contributed by atoms with Gasteiger partial charge in [0.1, 0.15) is 0 Å². The Hall–Kier alpha value is -2.54. The van der Waals surface area contributed by atoms with Gasteiger partial charge in [0.25, 0.3) is 8.32 Å². The van der Waals surface area contributed by atoms with Crippen molar-refractivity contribution in [2.24, 2.45) is 0 Å². The molecule has 1 atom stereocenters. The van der Waals surface area contributed by atoms with Crippen LogP contribution in [0.25, 0.3) is 0 Å². The first-order chi connectivity index (χ1) is 18.2. The molecule has 1 heterocycles. The van der Waals surface area contributed by atoms with Crippen molar-refractivity contribution in [3.63, 3.8) is 0 Å². The van der Waals surface area contributed by atoms with Crippen molar-refractivity contribution >= 4 is 41.9 Å². The number of nitrogens with zero attached hydrogens (tertiary/aromatic N) is 2. The predicted octanol–water partition coefficient (Wildman–Crippen LogP) is 6.80. The SMILES string of the molecule is Cc1c(Cl)nnc(Cl)c1C[C@H](CO[Si](c1ccccc1)(c1ccccc1)C(C)(C)C)OCc1ccccc1. The van der Waals surface area contributed by atoms with Gasteiger partial charge in [-0.15, -0.1) is 10.2 Å². The van der Waals surface area contributed by atoms with E-state index in [1.54, 1.807) is 0 Å². The summed E-state index contributed by atoms with van der Waals surface area (Å²) in [6, 6.07) is 31.4. The number of hydrogen-bond acceptors (Lipinski definition) is 4. The highest BCUT2D eigenvalue weighted by Crippen LogP contribution is 2.37. The van der Waals surface area contributed by atoms with Crippen molar-refractivity contribution in [1.29, 1.82) is 0 Å². The van der Waals surface area contributed by atoms with Crippen LogP contribution in [0.2, 0.25) is 15.3 Å². The van der Waals surface area contributed by atoms with Gasteiger partial charge in [0.15, 0.2) is 10.3 Å². The van der Waals surface area contributed by atoms with E-state index < -0.39 is 8.32 Å². The number of halogens is 2. The van der Waals surface area contributed by atoms with E-state index in [-0.39, 0.29) is 11.1 Å². The van der Waals surface area contributed by atoms with Crippen LogP contribution < -0.4 is 10.4 Å². The predicted molar refractivity (Wildman–Crippen MR) is 159 cm³/mol. The van der Waals surface area contributed by atoms with Gasteiger partial charge in [-0.25, -0.2) is 0 Å². The van der Waals surface area contributed by atoms with Gasteiger partial charge in [0.05, 0.1) is 19.3 Å². The first-order valence-electron chi connectivity index (χ1n) is 12.8. The zero-order chi connectivity index (χ0) is 27.2. The van der Waals surface area contributed by atoms with Crippen LogP contribution in [-0.4, -0.2) is 31.2 Å². The molecule has 0 bridgehead atoms. The monoisotopic (exact) mass is 564 g/mol. The third-order valence-electron chi connectivity index (χ3n) is 6.90. The smallest absolute Gasteiger partial charge is 0.261 e. The fourth-order valence-electron chi connectivity index (χ4n) is 4.90. The van der Waals surface area contributed by atoms with E-state index in [1.807, 2.05) is 37.3 Å². The molecule has 4 nitrogen and oxygen atoms in total. The Balaban J connectivity index is 1.72. The van der Waals surface area contributed by atoms with Gasteiger partial charge in [-0.05, 0) is 33.5 Å². The molecular formula is C31H34Cl2N2O2Si. The zero-order valence-electron chi connectivity index (χ0n) is 22.3. The second-order valence-electron chi connectivity index (χ2n) is 10.5. The summed E-state index contributed by atoms with van der Waals surface area (Å²) < 4.78 is 13.7. The van der Waals surface area contributed by atoms with Gasteiger partial charge in [-0.2, -0.15) is 0 Å². The number of aromatic nitrogens is 2. The molecule has 1 aromatic heterocycles. The van der Waals surface area contributed by atoms with Crippen molar-refractivity contribution in [3.05, 3.63) is 118 Å². The van der Waals surface area contributed by atoms with E-state index in [2.05, 4.69) is 91.6 Å². The molecule has 0 saturated heterocycles. The van der Waals surface area contributed by atoms with Crippen LogP contribution in [0.5, 0.6) is 0 Å². The van der Waals surface area contributed by atoms with Crippen LogP contribution in [0, 0.1) is 6.92 Å². The molecule has 0 saturated carbocycles. The summed E-state index contributed by atoms with van der Waals surface area (Å²) >= 11 is 12.8. The van der Waals surface area contributed by atoms with E-state index in [0.29, 0.717) is 29.9 Å². The maximum atomic E-state index is 7.20. The first kappa shape index (κ1) is 28.5. The largest absolute Gasteiger partial charge is 0.405 e. The van der Waals surface area contributed by atoms with Crippen molar-refractivity contribution in [3.8, 4) is 0 Å². The number of benzene rings is 3. The van der Waals surface area contributed by atoms with Gasteiger partial charge in [-0.1, -0.05) is 135 Å². The van der Waals surface area contributed by atoms with Crippen LogP contribution in [0.15, 0.2) is 91.0 Å². The van der Waals surface area contributed by atoms with Crippen LogP contribution in [0.4, 0.5) is 0 Å². The lowest BCUT2D eigenvalue weighted by molar-refractivity contribution is 0.00738. The van der Waals surface area contributed by atoms with Crippen LogP contribution in [0.3, 0.4) is 0 Å². The number of hydrogen-bond donors (Lipinski definition) is 0. The van der Waals surface area contributed by atoms with Crippen LogP contribution in [0.1, 0.15) is 37.5 Å². The lowest BCUT2D eigenvalue weighted by Crippen LogP contribution is -2.67. The van der Waals surface area contributed by atoms with E-state index in [4.69, 9.17) is 32.4 Å². The number of rotatable bonds is 10. The molecule has 0 aliphatic rings. The Morgan fingerprint density at radius 3 is 1.79 bits per heavy atom. The molecule has 0 aliphatic heterocycles. The fourth-order valence-corrected chi connectivity index (χ4v) is 9.90. The quantitative estimate of drug-likeness (QED) is 0.199. The lowest BCUT2D eigenvalue weighted by atomic mass is 10.1. The molecule has 4 rings (SSSR count). The van der Waals surface area contributed by atoms with Gasteiger partial charge >= 0.3 is 0 Å². The lowest BCUT2D eigenvalue weighted by Gasteiger charge is -2.43. The van der Waals surface area contributed by atoms with E-state index in [1.165, 1.54) is 10.4 Å². The van der Waals surface area contributed by atoms with Crippen LogP contribution in [-0.2, 0) is 22.2 Å². The second kappa shape index (κ2) is 12.5. The summed E-state index contributed by atoms with van der Waals surface area (Å²) in [7, 11) is -2.74. The zero-order valence-corrected chi connectivity index (χ0v) is 24.8. The highest BCUT2D eigenvalue weighted by atomic mass is 35.5. The molecule has 0 radical (unpaired) electrons. The minimum absolute atomic E-state index is 0.144. The average Bonchev–Trinajstić information content (AvgIpc) is 2.92. The standard InChI is InChI=1S/C31H34Cl2N2O2Si/c1-23-28(30(33)35-34-29(23)32)20-25(36-21-24-14-8-5-9-15-24)22-37-38(31(2,3)4,26-16-10-6-11-17-26)27-18-12-7-13-19-27/h5-19,25H,20-22H2,1-4H3/t25-/m1/s1. The summed E-state index contributed by atoms with van der Waals surface area (Å²) in [6.07, 6.45) is 0.221. The summed E-state index contributed by atoms with van der Waals surface area (Å²) in [4.78, 5) is 0. The molecule has 0 fully saturated rings.